The number of pyridine rings is 1. The van der Waals surface area contributed by atoms with Crippen molar-refractivity contribution < 1.29 is 0 Å². The largest absolute Gasteiger partial charge is 0.397 e. The number of hydrogen-bond acceptors (Lipinski definition) is 3. The van der Waals surface area contributed by atoms with Gasteiger partial charge in [-0.05, 0) is 50.4 Å². The minimum absolute atomic E-state index is 0.744. The second-order valence-electron chi connectivity index (χ2n) is 4.90. The van der Waals surface area contributed by atoms with Crippen molar-refractivity contribution >= 4 is 5.69 Å². The van der Waals surface area contributed by atoms with Gasteiger partial charge in [0.1, 0.15) is 0 Å². The summed E-state index contributed by atoms with van der Waals surface area (Å²) in [7, 11) is 0. The molecule has 0 aliphatic carbocycles. The summed E-state index contributed by atoms with van der Waals surface area (Å²) in [6.07, 6.45) is 5.74. The van der Waals surface area contributed by atoms with Crippen molar-refractivity contribution in [2.24, 2.45) is 5.92 Å². The fraction of sp³-hybridized carbons (Fsp3) is 0.615. The van der Waals surface area contributed by atoms with Gasteiger partial charge < -0.3 is 5.73 Å². The van der Waals surface area contributed by atoms with Gasteiger partial charge in [0.05, 0.1) is 17.6 Å². The lowest BCUT2D eigenvalue weighted by molar-refractivity contribution is 0.270. The van der Waals surface area contributed by atoms with Gasteiger partial charge in [-0.1, -0.05) is 6.92 Å². The average Bonchev–Trinajstić information content (AvgIpc) is 2.47. The summed E-state index contributed by atoms with van der Waals surface area (Å²) < 4.78 is 0. The monoisotopic (exact) mass is 219 g/mol. The predicted molar refractivity (Wildman–Crippen MR) is 66.9 cm³/mol. The number of anilines is 1. The second-order valence-corrected chi connectivity index (χ2v) is 4.90. The van der Waals surface area contributed by atoms with Gasteiger partial charge >= 0.3 is 0 Å². The molecule has 88 valence electrons. The number of likely N-dealkylation sites (tertiary alicyclic amines) is 1. The van der Waals surface area contributed by atoms with Crippen LogP contribution in [0.1, 0.15) is 31.9 Å². The molecule has 0 amide bonds. The number of nitrogens with zero attached hydrogens (tertiary/aromatic N) is 2. The second kappa shape index (κ2) is 5.30. The quantitative estimate of drug-likeness (QED) is 0.829. The molecule has 1 aliphatic heterocycles. The molecule has 2 heterocycles. The van der Waals surface area contributed by atoms with Crippen molar-refractivity contribution in [3.05, 3.63) is 24.0 Å². The lowest BCUT2D eigenvalue weighted by atomic mass is 10.0. The molecule has 0 spiro atoms. The van der Waals surface area contributed by atoms with E-state index in [0.29, 0.717) is 0 Å². The number of nitrogen functional groups attached to an aromatic ring is 1. The molecule has 3 heteroatoms. The van der Waals surface area contributed by atoms with E-state index in [-0.39, 0.29) is 0 Å². The molecule has 3 nitrogen and oxygen atoms in total. The average molecular weight is 219 g/mol. The van der Waals surface area contributed by atoms with Gasteiger partial charge in [-0.25, -0.2) is 0 Å². The van der Waals surface area contributed by atoms with E-state index >= 15 is 0 Å². The molecule has 1 aliphatic rings. The Kier molecular flexibility index (Phi) is 3.78. The number of rotatable bonds is 2. The van der Waals surface area contributed by atoms with Crippen molar-refractivity contribution in [1.82, 2.24) is 9.88 Å². The van der Waals surface area contributed by atoms with Crippen molar-refractivity contribution in [1.29, 1.82) is 0 Å². The van der Waals surface area contributed by atoms with Crippen LogP contribution in [0.4, 0.5) is 5.69 Å². The number of nitrogens with two attached hydrogens (primary N) is 1. The van der Waals surface area contributed by atoms with Crippen LogP contribution in [0.3, 0.4) is 0 Å². The minimum Gasteiger partial charge on any atom is -0.397 e. The van der Waals surface area contributed by atoms with E-state index in [9.17, 15) is 0 Å². The molecule has 0 bridgehead atoms. The molecule has 0 saturated carbocycles. The first-order valence-electron chi connectivity index (χ1n) is 6.17. The Morgan fingerprint density at radius 2 is 2.25 bits per heavy atom. The van der Waals surface area contributed by atoms with Crippen LogP contribution in [-0.2, 0) is 6.54 Å². The van der Waals surface area contributed by atoms with Gasteiger partial charge in [0.2, 0.25) is 0 Å². The maximum absolute atomic E-state index is 5.63. The smallest absolute Gasteiger partial charge is 0.0545 e. The van der Waals surface area contributed by atoms with Crippen LogP contribution in [0.2, 0.25) is 0 Å². The van der Waals surface area contributed by atoms with Gasteiger partial charge in [0.25, 0.3) is 0 Å². The fourth-order valence-electron chi connectivity index (χ4n) is 2.24. The highest BCUT2D eigenvalue weighted by atomic mass is 15.1. The summed E-state index contributed by atoms with van der Waals surface area (Å²) in [5.41, 5.74) is 7.50. The molecule has 1 saturated heterocycles. The SMILES string of the molecule is CC1CCCN(Cc2ccc(N)cn2)CC1. The van der Waals surface area contributed by atoms with Crippen molar-refractivity contribution in [3.8, 4) is 0 Å². The third kappa shape index (κ3) is 3.20. The van der Waals surface area contributed by atoms with Gasteiger partial charge in [0, 0.05) is 6.54 Å². The van der Waals surface area contributed by atoms with E-state index < -0.39 is 0 Å². The standard InChI is InChI=1S/C13H21N3/c1-11-3-2-7-16(8-6-11)10-13-5-4-12(14)9-15-13/h4-5,9,11H,2-3,6-8,10,14H2,1H3. The molecule has 1 atom stereocenters. The maximum atomic E-state index is 5.63. The van der Waals surface area contributed by atoms with E-state index in [0.717, 1.165) is 23.8 Å². The zero-order valence-electron chi connectivity index (χ0n) is 10.0. The zero-order chi connectivity index (χ0) is 11.4. The Labute approximate surface area is 97.7 Å². The molecule has 2 rings (SSSR count). The van der Waals surface area contributed by atoms with Gasteiger partial charge in [-0.3, -0.25) is 9.88 Å². The van der Waals surface area contributed by atoms with E-state index in [1.54, 1.807) is 6.20 Å². The first-order valence-corrected chi connectivity index (χ1v) is 6.17. The van der Waals surface area contributed by atoms with Crippen molar-refractivity contribution in [2.75, 3.05) is 18.8 Å². The molecular weight excluding hydrogens is 198 g/mol. The van der Waals surface area contributed by atoms with Gasteiger partial charge in [-0.2, -0.15) is 0 Å². The van der Waals surface area contributed by atoms with Crippen LogP contribution in [0.25, 0.3) is 0 Å². The maximum Gasteiger partial charge on any atom is 0.0545 e. The van der Waals surface area contributed by atoms with E-state index in [1.807, 2.05) is 12.1 Å². The number of hydrogen-bond donors (Lipinski definition) is 1. The van der Waals surface area contributed by atoms with Gasteiger partial charge in [0.15, 0.2) is 0 Å². The molecule has 1 unspecified atom stereocenters. The third-order valence-corrected chi connectivity index (χ3v) is 3.34. The topological polar surface area (TPSA) is 42.1 Å². The molecule has 2 N–H and O–H groups in total. The van der Waals surface area contributed by atoms with Crippen LogP contribution >= 0.6 is 0 Å². The summed E-state index contributed by atoms with van der Waals surface area (Å²) in [4.78, 5) is 6.86. The summed E-state index contributed by atoms with van der Waals surface area (Å²) in [5.74, 6) is 0.879. The highest BCUT2D eigenvalue weighted by Gasteiger charge is 2.13. The zero-order valence-corrected chi connectivity index (χ0v) is 10.0. The first kappa shape index (κ1) is 11.4. The normalized spacial score (nSPS) is 22.9. The summed E-state index contributed by atoms with van der Waals surface area (Å²) in [6.45, 7) is 5.72. The van der Waals surface area contributed by atoms with Crippen molar-refractivity contribution in [2.45, 2.75) is 32.7 Å². The summed E-state index contributed by atoms with van der Waals surface area (Å²) in [5, 5.41) is 0. The van der Waals surface area contributed by atoms with Crippen molar-refractivity contribution in [3.63, 3.8) is 0 Å². The molecule has 0 radical (unpaired) electrons. The van der Waals surface area contributed by atoms with E-state index in [4.69, 9.17) is 5.73 Å². The summed E-state index contributed by atoms with van der Waals surface area (Å²) in [6, 6.07) is 3.96. The molecule has 1 fully saturated rings. The van der Waals surface area contributed by atoms with E-state index in [1.165, 1.54) is 32.4 Å². The van der Waals surface area contributed by atoms with E-state index in [2.05, 4.69) is 16.8 Å². The Balaban J connectivity index is 1.91. The minimum atomic E-state index is 0.744. The fourth-order valence-corrected chi connectivity index (χ4v) is 2.24. The predicted octanol–water partition coefficient (Wildman–Crippen LogP) is 2.29. The molecule has 0 aromatic carbocycles. The summed E-state index contributed by atoms with van der Waals surface area (Å²) >= 11 is 0. The molecule has 1 aromatic heterocycles. The molecule has 1 aromatic rings. The van der Waals surface area contributed by atoms with Crippen LogP contribution in [0, 0.1) is 5.92 Å². The lowest BCUT2D eigenvalue weighted by Gasteiger charge is -2.19. The van der Waals surface area contributed by atoms with Crippen LogP contribution in [0.5, 0.6) is 0 Å². The first-order chi connectivity index (χ1) is 7.74. The Hall–Kier alpha value is -1.09. The van der Waals surface area contributed by atoms with Crippen LogP contribution in [0.15, 0.2) is 18.3 Å². The molecular formula is C13H21N3. The Morgan fingerprint density at radius 1 is 1.38 bits per heavy atom. The number of aromatic nitrogens is 1. The molecule has 16 heavy (non-hydrogen) atoms. The highest BCUT2D eigenvalue weighted by molar-refractivity contribution is 5.34. The lowest BCUT2D eigenvalue weighted by Crippen LogP contribution is -2.24. The Bertz CT molecular complexity index is 320. The van der Waals surface area contributed by atoms with Crippen LogP contribution in [-0.4, -0.2) is 23.0 Å². The van der Waals surface area contributed by atoms with Crippen LogP contribution < -0.4 is 5.73 Å². The highest BCUT2D eigenvalue weighted by Crippen LogP contribution is 2.17. The van der Waals surface area contributed by atoms with Gasteiger partial charge in [-0.15, -0.1) is 0 Å². The third-order valence-electron chi connectivity index (χ3n) is 3.34. The Morgan fingerprint density at radius 3 is 3.00 bits per heavy atom.